The van der Waals surface area contributed by atoms with Crippen LogP contribution in [0.15, 0.2) is 5.34 Å². The van der Waals surface area contributed by atoms with Crippen LogP contribution in [0.5, 0.6) is 0 Å². The normalized spacial score (nSPS) is 3.00. The minimum atomic E-state index is 0. The average molecular weight is 98.0 g/mol. The summed E-state index contributed by atoms with van der Waals surface area (Å²) < 4.78 is 0. The Morgan fingerprint density at radius 1 is 1.75 bits per heavy atom. The van der Waals surface area contributed by atoms with Crippen LogP contribution in [0, 0.1) is 4.91 Å². The molecular weight excluding hydrogens is 96.9 g/mol. The zero-order valence-corrected chi connectivity index (χ0v) is 3.15. The van der Waals surface area contributed by atoms with Crippen molar-refractivity contribution >= 4 is 0 Å². The van der Waals surface area contributed by atoms with Crippen molar-refractivity contribution in [1.82, 2.24) is 0 Å². The Kier molecular flexibility index (Phi) is 27.3. The van der Waals surface area contributed by atoms with E-state index in [1.807, 2.05) is 0 Å². The van der Waals surface area contributed by atoms with E-state index in [4.69, 9.17) is 10.1 Å². The van der Waals surface area contributed by atoms with Crippen molar-refractivity contribution in [2.24, 2.45) is 5.34 Å². The molecule has 0 fully saturated rings. The van der Waals surface area contributed by atoms with Crippen molar-refractivity contribution in [1.29, 1.82) is 0 Å². The Bertz CT molecular complexity index is 13.5. The number of hydrogen-bond acceptors (Lipinski definition) is 2. The maximum absolute atomic E-state index is 8.11. The summed E-state index contributed by atoms with van der Waals surface area (Å²) in [5.74, 6) is 0. The Labute approximate surface area is 34.8 Å². The summed E-state index contributed by atoms with van der Waals surface area (Å²) in [6.07, 6.45) is 0. The maximum atomic E-state index is 8.11. The molecule has 0 saturated carbocycles. The molecule has 0 saturated heterocycles. The summed E-state index contributed by atoms with van der Waals surface area (Å²) in [5, 5.41) is 7.89. The number of hydrogen-bond donors (Lipinski definition) is 1. The van der Waals surface area contributed by atoms with Crippen LogP contribution in [-0.2, 0) is 18.6 Å². The summed E-state index contributed by atoms with van der Waals surface area (Å²) in [4.78, 5) is 8.11. The second-order valence-electron chi connectivity index (χ2n) is 0.0816. The first kappa shape index (κ1) is 9.01. The van der Waals surface area contributed by atoms with E-state index >= 15 is 0 Å². The van der Waals surface area contributed by atoms with Gasteiger partial charge in [-0.25, -0.2) is 0 Å². The van der Waals surface area contributed by atoms with E-state index in [2.05, 4.69) is 0 Å². The van der Waals surface area contributed by atoms with E-state index in [1.54, 1.807) is 0 Å². The zero-order valence-electron chi connectivity index (χ0n) is 1.75. The first-order valence-corrected chi connectivity index (χ1v) is 0.383. The summed E-state index contributed by atoms with van der Waals surface area (Å²) in [5.41, 5.74) is 0. The van der Waals surface area contributed by atoms with Crippen molar-refractivity contribution in [2.75, 3.05) is 0 Å². The SMILES string of the molecule is O=NO.[V]. The molecule has 0 spiro atoms. The summed E-state index contributed by atoms with van der Waals surface area (Å²) in [7, 11) is 0. The predicted octanol–water partition coefficient (Wildman–Crippen LogP) is 0.140. The van der Waals surface area contributed by atoms with Gasteiger partial charge in [0, 0.05) is 18.6 Å². The molecule has 0 atom stereocenters. The van der Waals surface area contributed by atoms with Crippen LogP contribution in [0.3, 0.4) is 0 Å². The first-order chi connectivity index (χ1) is 1.41. The van der Waals surface area contributed by atoms with Crippen molar-refractivity contribution in [2.45, 2.75) is 0 Å². The molecule has 0 bridgehead atoms. The fourth-order valence-electron chi connectivity index (χ4n) is 0. The molecule has 0 rings (SSSR count). The maximum Gasteiger partial charge on any atom is 0.152 e. The van der Waals surface area contributed by atoms with Gasteiger partial charge in [0.15, 0.2) is 5.34 Å². The monoisotopic (exact) mass is 97.9 g/mol. The van der Waals surface area contributed by atoms with Crippen LogP contribution < -0.4 is 0 Å². The second-order valence-corrected chi connectivity index (χ2v) is 0.0816. The minimum absolute atomic E-state index is 0. The third kappa shape index (κ3) is 7920. The van der Waals surface area contributed by atoms with Gasteiger partial charge < -0.3 is 5.21 Å². The predicted molar refractivity (Wildman–Crippen MR) is 7.58 cm³/mol. The van der Waals surface area contributed by atoms with Crippen molar-refractivity contribution in [3.8, 4) is 0 Å². The molecule has 1 radical (unpaired) electrons. The average Bonchev–Trinajstić information content (AvgIpc) is 0.918. The molecule has 0 aliphatic heterocycles. The van der Waals surface area contributed by atoms with E-state index in [0.29, 0.717) is 0 Å². The second kappa shape index (κ2) is 12.1. The van der Waals surface area contributed by atoms with Gasteiger partial charge in [0.05, 0.1) is 0 Å². The van der Waals surface area contributed by atoms with E-state index in [9.17, 15) is 0 Å². The van der Waals surface area contributed by atoms with E-state index in [-0.39, 0.29) is 18.6 Å². The van der Waals surface area contributed by atoms with Gasteiger partial charge in [0.1, 0.15) is 0 Å². The van der Waals surface area contributed by atoms with Crippen molar-refractivity contribution < 1.29 is 23.8 Å². The smallest absolute Gasteiger partial charge is 0.152 e. The largest absolute Gasteiger partial charge is 0.379 e. The van der Waals surface area contributed by atoms with Crippen LogP contribution >= 0.6 is 0 Å². The minimum Gasteiger partial charge on any atom is -0.379 e. The van der Waals surface area contributed by atoms with E-state index in [0.717, 1.165) is 0 Å². The van der Waals surface area contributed by atoms with Gasteiger partial charge >= 0.3 is 0 Å². The van der Waals surface area contributed by atoms with Crippen LogP contribution in [0.1, 0.15) is 0 Å². The number of rotatable bonds is 0. The van der Waals surface area contributed by atoms with Gasteiger partial charge in [0.25, 0.3) is 0 Å². The fourth-order valence-corrected chi connectivity index (χ4v) is 0. The molecule has 0 aromatic carbocycles. The Morgan fingerprint density at radius 3 is 1.75 bits per heavy atom. The van der Waals surface area contributed by atoms with Gasteiger partial charge in [0.2, 0.25) is 0 Å². The van der Waals surface area contributed by atoms with Crippen LogP contribution in [-0.4, -0.2) is 5.21 Å². The van der Waals surface area contributed by atoms with Crippen LogP contribution in [0.4, 0.5) is 0 Å². The molecule has 4 heavy (non-hydrogen) atoms. The molecule has 0 amide bonds. The molecular formula is HNO2V. The van der Waals surface area contributed by atoms with Gasteiger partial charge in [-0.1, -0.05) is 0 Å². The summed E-state index contributed by atoms with van der Waals surface area (Å²) >= 11 is 0. The topological polar surface area (TPSA) is 49.7 Å². The molecule has 0 aliphatic rings. The Hall–Kier alpha value is -0.0156. The van der Waals surface area contributed by atoms with Gasteiger partial charge in [-0.05, 0) is 0 Å². The molecule has 4 heteroatoms. The fraction of sp³-hybridized carbons (Fsp3) is 0. The molecule has 23 valence electrons. The molecule has 0 aliphatic carbocycles. The summed E-state index contributed by atoms with van der Waals surface area (Å²) in [6, 6.07) is 0. The Morgan fingerprint density at radius 2 is 1.75 bits per heavy atom. The van der Waals surface area contributed by atoms with Gasteiger partial charge in [-0.3, -0.25) is 0 Å². The third-order valence-electron chi connectivity index (χ3n) is 0. The molecule has 0 aromatic heterocycles. The van der Waals surface area contributed by atoms with E-state index < -0.39 is 0 Å². The first-order valence-electron chi connectivity index (χ1n) is 0.383. The standard InChI is InChI=1S/HNO2.V/c2-1-3;/h(H,2,3);. The van der Waals surface area contributed by atoms with Gasteiger partial charge in [-0.2, -0.15) is 0 Å². The van der Waals surface area contributed by atoms with Crippen LogP contribution in [0.2, 0.25) is 0 Å². The quantitative estimate of drug-likeness (QED) is 0.346. The van der Waals surface area contributed by atoms with Crippen molar-refractivity contribution in [3.63, 3.8) is 0 Å². The summed E-state index contributed by atoms with van der Waals surface area (Å²) in [6.45, 7) is 0. The zero-order chi connectivity index (χ0) is 2.71. The third-order valence-corrected chi connectivity index (χ3v) is 0. The van der Waals surface area contributed by atoms with Crippen LogP contribution in [0.25, 0.3) is 0 Å². The Balaban J connectivity index is 0. The van der Waals surface area contributed by atoms with Crippen molar-refractivity contribution in [3.05, 3.63) is 4.91 Å². The van der Waals surface area contributed by atoms with Gasteiger partial charge in [-0.15, -0.1) is 4.91 Å². The molecule has 0 heterocycles. The molecule has 3 nitrogen and oxygen atoms in total. The molecule has 0 unspecified atom stereocenters. The molecule has 1 N–H and O–H groups in total. The number of nitrogens with zero attached hydrogens (tertiary/aromatic N) is 1. The van der Waals surface area contributed by atoms with E-state index in [1.165, 1.54) is 5.34 Å². The molecule has 0 aromatic rings.